The van der Waals surface area contributed by atoms with E-state index in [1.54, 1.807) is 13.0 Å². The fourth-order valence-corrected chi connectivity index (χ4v) is 4.32. The Bertz CT molecular complexity index is 1360. The number of aromatic nitrogens is 6. The van der Waals surface area contributed by atoms with Gasteiger partial charge in [0.05, 0.1) is 5.69 Å². The van der Waals surface area contributed by atoms with Crippen LogP contribution < -0.4 is 5.73 Å². The number of aliphatic hydroxyl groups excluding tert-OH is 1. The zero-order chi connectivity index (χ0) is 20.8. The first kappa shape index (κ1) is 18.4. The number of aliphatic hydroxyl groups is 1. The number of thiazole rings is 1. The van der Waals surface area contributed by atoms with Crippen molar-refractivity contribution in [2.45, 2.75) is 13.0 Å². The molecule has 0 aliphatic carbocycles. The van der Waals surface area contributed by atoms with Gasteiger partial charge in [-0.2, -0.15) is 0 Å². The maximum atomic E-state index is 10.9. The Morgan fingerprint density at radius 2 is 1.97 bits per heavy atom. The molecule has 5 aromatic rings. The maximum Gasteiger partial charge on any atom is 0.157 e. The molecule has 0 saturated heterocycles. The molecule has 0 radical (unpaired) electrons. The zero-order valence-electron chi connectivity index (χ0n) is 16.1. The molecule has 150 valence electrons. The van der Waals surface area contributed by atoms with Crippen molar-refractivity contribution in [3.05, 3.63) is 60.0 Å². The molecule has 4 aromatic heterocycles. The van der Waals surface area contributed by atoms with Crippen LogP contribution in [0, 0.1) is 6.92 Å². The lowest BCUT2D eigenvalue weighted by Gasteiger charge is -2.08. The summed E-state index contributed by atoms with van der Waals surface area (Å²) in [6.45, 7) is 1.77. The van der Waals surface area contributed by atoms with Crippen molar-refractivity contribution in [1.29, 1.82) is 0 Å². The molecule has 30 heavy (non-hydrogen) atoms. The number of hydrogen-bond acceptors (Lipinski definition) is 9. The quantitative estimate of drug-likeness (QED) is 0.455. The van der Waals surface area contributed by atoms with Gasteiger partial charge in [0.1, 0.15) is 44.7 Å². The second kappa shape index (κ2) is 7.01. The largest absolute Gasteiger partial charge is 0.382 e. The number of anilines is 1. The molecular formula is C20H17N7O2S. The fourth-order valence-electron chi connectivity index (χ4n) is 3.32. The van der Waals surface area contributed by atoms with E-state index >= 15 is 0 Å². The number of fused-ring (bicyclic) bond motifs is 1. The highest BCUT2D eigenvalue weighted by molar-refractivity contribution is 7.21. The van der Waals surface area contributed by atoms with Gasteiger partial charge in [-0.1, -0.05) is 46.8 Å². The first-order chi connectivity index (χ1) is 14.5. The maximum absolute atomic E-state index is 10.9. The topological polar surface area (TPSA) is 129 Å². The smallest absolute Gasteiger partial charge is 0.157 e. The van der Waals surface area contributed by atoms with Crippen LogP contribution in [0.15, 0.2) is 47.2 Å². The van der Waals surface area contributed by atoms with Gasteiger partial charge in [0.15, 0.2) is 11.9 Å². The number of nitrogens with two attached hydrogens (primary N) is 1. The summed E-state index contributed by atoms with van der Waals surface area (Å²) in [6.07, 6.45) is 0.367. The first-order valence-electron chi connectivity index (χ1n) is 9.13. The summed E-state index contributed by atoms with van der Waals surface area (Å²) in [6, 6.07) is 11.4. The second-order valence-corrected chi connectivity index (χ2v) is 7.77. The van der Waals surface area contributed by atoms with Gasteiger partial charge in [-0.3, -0.25) is 0 Å². The van der Waals surface area contributed by atoms with Crippen LogP contribution >= 0.6 is 11.3 Å². The summed E-state index contributed by atoms with van der Waals surface area (Å²) in [5.74, 6) is 1.36. The lowest BCUT2D eigenvalue weighted by Crippen LogP contribution is -2.08. The highest BCUT2D eigenvalue weighted by Crippen LogP contribution is 2.38. The SMILES string of the molecule is Cc1cc(C(O)c2nc(-c3ccccc3)c(-c3nc4c(N)ncnc4s3)n2C)no1. The summed E-state index contributed by atoms with van der Waals surface area (Å²) < 4.78 is 6.94. The van der Waals surface area contributed by atoms with Gasteiger partial charge in [0, 0.05) is 18.7 Å². The number of rotatable bonds is 4. The Morgan fingerprint density at radius 1 is 1.17 bits per heavy atom. The van der Waals surface area contributed by atoms with E-state index in [2.05, 4.69) is 20.1 Å². The van der Waals surface area contributed by atoms with Crippen LogP contribution in [0.3, 0.4) is 0 Å². The van der Waals surface area contributed by atoms with Gasteiger partial charge >= 0.3 is 0 Å². The van der Waals surface area contributed by atoms with Gasteiger partial charge in [-0.15, -0.1) is 0 Å². The van der Waals surface area contributed by atoms with E-state index < -0.39 is 6.10 Å². The second-order valence-electron chi connectivity index (χ2n) is 6.79. The van der Waals surface area contributed by atoms with E-state index in [1.807, 2.05) is 41.9 Å². The number of benzene rings is 1. The van der Waals surface area contributed by atoms with E-state index in [4.69, 9.17) is 15.2 Å². The van der Waals surface area contributed by atoms with E-state index in [0.29, 0.717) is 44.1 Å². The average Bonchev–Trinajstić information content (AvgIpc) is 3.45. The Morgan fingerprint density at radius 3 is 2.67 bits per heavy atom. The molecule has 10 heteroatoms. The number of hydrogen-bond donors (Lipinski definition) is 2. The monoisotopic (exact) mass is 419 g/mol. The van der Waals surface area contributed by atoms with E-state index in [0.717, 1.165) is 11.3 Å². The molecular weight excluding hydrogens is 402 g/mol. The van der Waals surface area contributed by atoms with Crippen molar-refractivity contribution < 1.29 is 9.63 Å². The predicted octanol–water partition coefficient (Wildman–Crippen LogP) is 3.11. The Labute approximate surface area is 174 Å². The van der Waals surface area contributed by atoms with E-state index in [-0.39, 0.29) is 0 Å². The normalized spacial score (nSPS) is 12.5. The number of nitrogen functional groups attached to an aromatic ring is 1. The molecule has 5 rings (SSSR count). The third-order valence-corrected chi connectivity index (χ3v) is 5.74. The van der Waals surface area contributed by atoms with Crippen molar-refractivity contribution in [3.63, 3.8) is 0 Å². The van der Waals surface area contributed by atoms with Crippen LogP contribution in [0.1, 0.15) is 23.4 Å². The van der Waals surface area contributed by atoms with E-state index in [1.165, 1.54) is 17.7 Å². The van der Waals surface area contributed by atoms with Crippen molar-refractivity contribution in [3.8, 4) is 22.0 Å². The van der Waals surface area contributed by atoms with Crippen LogP contribution in [0.5, 0.6) is 0 Å². The molecule has 9 nitrogen and oxygen atoms in total. The average molecular weight is 419 g/mol. The Balaban J connectivity index is 1.74. The molecule has 1 unspecified atom stereocenters. The van der Waals surface area contributed by atoms with Gasteiger partial charge in [-0.05, 0) is 6.92 Å². The molecule has 0 aliphatic heterocycles. The van der Waals surface area contributed by atoms with Crippen molar-refractivity contribution in [1.82, 2.24) is 29.7 Å². The van der Waals surface area contributed by atoms with Gasteiger partial charge in [0.25, 0.3) is 0 Å². The first-order valence-corrected chi connectivity index (χ1v) is 9.95. The summed E-state index contributed by atoms with van der Waals surface area (Å²) in [7, 11) is 1.83. The number of nitrogens with zero attached hydrogens (tertiary/aromatic N) is 6. The minimum atomic E-state index is -1.05. The van der Waals surface area contributed by atoms with Crippen molar-refractivity contribution in [2.24, 2.45) is 7.05 Å². The lowest BCUT2D eigenvalue weighted by atomic mass is 10.1. The van der Waals surface area contributed by atoms with Crippen LogP contribution in [-0.2, 0) is 7.05 Å². The third kappa shape index (κ3) is 2.93. The predicted molar refractivity (Wildman–Crippen MR) is 113 cm³/mol. The zero-order valence-corrected chi connectivity index (χ0v) is 17.0. The highest BCUT2D eigenvalue weighted by atomic mass is 32.1. The molecule has 4 heterocycles. The molecule has 0 spiro atoms. The third-order valence-electron chi connectivity index (χ3n) is 4.77. The highest BCUT2D eigenvalue weighted by Gasteiger charge is 2.27. The van der Waals surface area contributed by atoms with Crippen molar-refractivity contribution in [2.75, 3.05) is 5.73 Å². The summed E-state index contributed by atoms with van der Waals surface area (Å²) in [4.78, 5) is 18.4. The Hall–Kier alpha value is -3.63. The van der Waals surface area contributed by atoms with Crippen LogP contribution in [-0.4, -0.2) is 34.8 Å². The molecule has 0 saturated carbocycles. The summed E-state index contributed by atoms with van der Waals surface area (Å²) in [5.41, 5.74) is 9.26. The Kier molecular flexibility index (Phi) is 4.30. The lowest BCUT2D eigenvalue weighted by molar-refractivity contribution is 0.195. The van der Waals surface area contributed by atoms with Crippen LogP contribution in [0.4, 0.5) is 5.82 Å². The minimum Gasteiger partial charge on any atom is -0.382 e. The molecule has 0 amide bonds. The standard InChI is InChI=1S/C20H17N7O2S/c1-10-8-12(26-29-10)16(28)18-24-13(11-6-4-3-5-7-11)15(27(18)2)20-25-14-17(21)22-9-23-19(14)30-20/h3-9,16,28H,1-2H3,(H2,21,22,23). The molecule has 1 atom stereocenters. The van der Waals surface area contributed by atoms with Gasteiger partial charge in [0.2, 0.25) is 0 Å². The van der Waals surface area contributed by atoms with Gasteiger partial charge in [-0.25, -0.2) is 19.9 Å². The number of aryl methyl sites for hydroxylation is 1. The van der Waals surface area contributed by atoms with Crippen LogP contribution in [0.2, 0.25) is 0 Å². The molecule has 0 bridgehead atoms. The summed E-state index contributed by atoms with van der Waals surface area (Å²) >= 11 is 1.39. The molecule has 1 aromatic carbocycles. The van der Waals surface area contributed by atoms with Gasteiger partial charge < -0.3 is 19.9 Å². The van der Waals surface area contributed by atoms with E-state index in [9.17, 15) is 5.11 Å². The fraction of sp³-hybridized carbons (Fsp3) is 0.150. The van der Waals surface area contributed by atoms with Crippen LogP contribution in [0.25, 0.3) is 32.3 Å². The van der Waals surface area contributed by atoms with Crippen molar-refractivity contribution >= 4 is 27.5 Å². The summed E-state index contributed by atoms with van der Waals surface area (Å²) in [5, 5.41) is 15.6. The molecule has 0 aliphatic rings. The minimum absolute atomic E-state index is 0.323. The molecule has 0 fully saturated rings. The number of imidazole rings is 1. The molecule has 3 N–H and O–H groups in total.